The first kappa shape index (κ1) is 15.6. The van der Waals surface area contributed by atoms with Gasteiger partial charge in [0.2, 0.25) is 0 Å². The lowest BCUT2D eigenvalue weighted by atomic mass is 10.0. The van der Waals surface area contributed by atoms with Crippen LogP contribution in [0.2, 0.25) is 0 Å². The van der Waals surface area contributed by atoms with Crippen LogP contribution in [0.25, 0.3) is 6.08 Å². The van der Waals surface area contributed by atoms with Crippen LogP contribution in [0.1, 0.15) is 22.8 Å². The van der Waals surface area contributed by atoms with Crippen LogP contribution >= 0.6 is 0 Å². The molecule has 0 fully saturated rings. The Hall–Kier alpha value is -2.75. The third kappa shape index (κ3) is 3.88. The molecule has 0 saturated carbocycles. The molecular weight excluding hydrogens is 283 g/mol. The highest BCUT2D eigenvalue weighted by Crippen LogP contribution is 2.15. The number of halogens is 1. The summed E-state index contributed by atoms with van der Waals surface area (Å²) in [6, 6.07) is 14.0. The topological polar surface area (TPSA) is 43.4 Å². The summed E-state index contributed by atoms with van der Waals surface area (Å²) in [5.41, 5.74) is 0.859. The molecule has 0 amide bonds. The number of hydrogen-bond acceptors (Lipinski definition) is 3. The molecular formula is C18H15FO3. The van der Waals surface area contributed by atoms with Gasteiger partial charge in [-0.3, -0.25) is 4.79 Å². The summed E-state index contributed by atoms with van der Waals surface area (Å²) in [5.74, 6) is -1.63. The Labute approximate surface area is 128 Å². The van der Waals surface area contributed by atoms with Crippen molar-refractivity contribution in [1.29, 1.82) is 0 Å². The third-order valence-electron chi connectivity index (χ3n) is 2.96. The molecule has 0 aliphatic heterocycles. The molecule has 0 spiro atoms. The van der Waals surface area contributed by atoms with Crippen LogP contribution < -0.4 is 0 Å². The van der Waals surface area contributed by atoms with Crippen molar-refractivity contribution in [3.63, 3.8) is 0 Å². The first-order valence-electron chi connectivity index (χ1n) is 6.86. The van der Waals surface area contributed by atoms with E-state index in [2.05, 4.69) is 0 Å². The number of ketones is 1. The predicted octanol–water partition coefficient (Wildman–Crippen LogP) is 3.66. The Bertz CT molecular complexity index is 688. The predicted molar refractivity (Wildman–Crippen MR) is 81.8 cm³/mol. The number of benzene rings is 2. The minimum Gasteiger partial charge on any atom is -0.462 e. The Kier molecular flexibility index (Phi) is 5.20. The van der Waals surface area contributed by atoms with Crippen molar-refractivity contribution in [3.05, 3.63) is 77.1 Å². The van der Waals surface area contributed by atoms with E-state index in [-0.39, 0.29) is 17.7 Å². The second-order valence-electron chi connectivity index (χ2n) is 4.53. The summed E-state index contributed by atoms with van der Waals surface area (Å²) in [4.78, 5) is 24.5. The maximum atomic E-state index is 13.0. The normalized spacial score (nSPS) is 11.1. The number of ether oxygens (including phenoxy) is 1. The van der Waals surface area contributed by atoms with Gasteiger partial charge in [-0.25, -0.2) is 9.18 Å². The lowest BCUT2D eigenvalue weighted by molar-refractivity contribution is -0.137. The molecule has 0 aliphatic rings. The average molecular weight is 298 g/mol. The zero-order valence-corrected chi connectivity index (χ0v) is 12.1. The van der Waals surface area contributed by atoms with Crippen molar-refractivity contribution in [1.82, 2.24) is 0 Å². The number of Topliss-reactive ketones (excluding diaryl/α,β-unsaturated/α-hetero) is 1. The van der Waals surface area contributed by atoms with Gasteiger partial charge in [0.25, 0.3) is 0 Å². The van der Waals surface area contributed by atoms with Gasteiger partial charge in [0, 0.05) is 5.56 Å². The SMILES string of the molecule is CCOC(=O)C(=Cc1ccccc1)C(=O)c1ccc(F)cc1. The van der Waals surface area contributed by atoms with Crippen molar-refractivity contribution >= 4 is 17.8 Å². The highest BCUT2D eigenvalue weighted by molar-refractivity contribution is 6.26. The first-order chi connectivity index (χ1) is 10.6. The van der Waals surface area contributed by atoms with Crippen molar-refractivity contribution in [3.8, 4) is 0 Å². The lowest BCUT2D eigenvalue weighted by Gasteiger charge is -2.07. The van der Waals surface area contributed by atoms with Gasteiger partial charge in [-0.05, 0) is 42.8 Å². The van der Waals surface area contributed by atoms with Crippen LogP contribution in [0, 0.1) is 5.82 Å². The average Bonchev–Trinajstić information content (AvgIpc) is 2.54. The highest BCUT2D eigenvalue weighted by atomic mass is 19.1. The molecule has 0 radical (unpaired) electrons. The summed E-state index contributed by atoms with van der Waals surface area (Å²) in [6.45, 7) is 1.84. The third-order valence-corrected chi connectivity index (χ3v) is 2.96. The molecule has 0 heterocycles. The number of rotatable bonds is 5. The lowest BCUT2D eigenvalue weighted by Crippen LogP contribution is -2.16. The summed E-state index contributed by atoms with van der Waals surface area (Å²) in [7, 11) is 0. The van der Waals surface area contributed by atoms with Crippen LogP contribution in [-0.4, -0.2) is 18.4 Å². The summed E-state index contributed by atoms with van der Waals surface area (Å²) >= 11 is 0. The van der Waals surface area contributed by atoms with E-state index >= 15 is 0 Å². The zero-order chi connectivity index (χ0) is 15.9. The Morgan fingerprint density at radius 2 is 1.68 bits per heavy atom. The standard InChI is InChI=1S/C18H15FO3/c1-2-22-18(21)16(12-13-6-4-3-5-7-13)17(20)14-8-10-15(19)11-9-14/h3-12H,2H2,1H3. The Morgan fingerprint density at radius 3 is 2.27 bits per heavy atom. The van der Waals surface area contributed by atoms with E-state index in [9.17, 15) is 14.0 Å². The van der Waals surface area contributed by atoms with Gasteiger partial charge in [0.05, 0.1) is 6.61 Å². The molecule has 4 heteroatoms. The van der Waals surface area contributed by atoms with Gasteiger partial charge in [-0.15, -0.1) is 0 Å². The molecule has 22 heavy (non-hydrogen) atoms. The highest BCUT2D eigenvalue weighted by Gasteiger charge is 2.21. The van der Waals surface area contributed by atoms with Crippen molar-refractivity contribution in [2.45, 2.75) is 6.92 Å². The molecule has 0 N–H and O–H groups in total. The number of carbonyl (C=O) groups excluding carboxylic acids is 2. The van der Waals surface area contributed by atoms with Crippen molar-refractivity contribution in [2.75, 3.05) is 6.61 Å². The second-order valence-corrected chi connectivity index (χ2v) is 4.53. The number of hydrogen-bond donors (Lipinski definition) is 0. The summed E-state index contributed by atoms with van der Waals surface area (Å²) in [5, 5.41) is 0. The zero-order valence-electron chi connectivity index (χ0n) is 12.1. The monoisotopic (exact) mass is 298 g/mol. The van der Waals surface area contributed by atoms with Crippen LogP contribution in [0.5, 0.6) is 0 Å². The van der Waals surface area contributed by atoms with E-state index in [1.54, 1.807) is 31.2 Å². The number of esters is 1. The molecule has 0 unspecified atom stereocenters. The smallest absolute Gasteiger partial charge is 0.342 e. The van der Waals surface area contributed by atoms with Gasteiger partial charge in [-0.1, -0.05) is 30.3 Å². The van der Waals surface area contributed by atoms with Crippen LogP contribution in [-0.2, 0) is 9.53 Å². The van der Waals surface area contributed by atoms with E-state index < -0.39 is 17.6 Å². The Balaban J connectivity index is 2.40. The van der Waals surface area contributed by atoms with Crippen LogP contribution in [0.15, 0.2) is 60.2 Å². The first-order valence-corrected chi connectivity index (χ1v) is 6.86. The number of carbonyl (C=O) groups is 2. The van der Waals surface area contributed by atoms with Gasteiger partial charge in [0.1, 0.15) is 11.4 Å². The van der Waals surface area contributed by atoms with E-state index in [1.807, 2.05) is 6.07 Å². The summed E-state index contributed by atoms with van der Waals surface area (Å²) in [6.07, 6.45) is 1.48. The minimum atomic E-state index is -0.694. The molecule has 3 nitrogen and oxygen atoms in total. The molecule has 2 aromatic carbocycles. The van der Waals surface area contributed by atoms with Crippen LogP contribution in [0.3, 0.4) is 0 Å². The fourth-order valence-corrected chi connectivity index (χ4v) is 1.90. The van der Waals surface area contributed by atoms with Gasteiger partial charge in [-0.2, -0.15) is 0 Å². The molecule has 0 aliphatic carbocycles. The largest absolute Gasteiger partial charge is 0.462 e. The summed E-state index contributed by atoms with van der Waals surface area (Å²) < 4.78 is 17.9. The maximum Gasteiger partial charge on any atom is 0.342 e. The van der Waals surface area contributed by atoms with Crippen molar-refractivity contribution in [2.24, 2.45) is 0 Å². The van der Waals surface area contributed by atoms with Gasteiger partial charge < -0.3 is 4.74 Å². The second kappa shape index (κ2) is 7.31. The minimum absolute atomic E-state index is 0.0836. The van der Waals surface area contributed by atoms with E-state index in [0.29, 0.717) is 5.56 Å². The molecule has 2 rings (SSSR count). The van der Waals surface area contributed by atoms with Crippen molar-refractivity contribution < 1.29 is 18.7 Å². The Morgan fingerprint density at radius 1 is 1.05 bits per heavy atom. The van der Waals surface area contributed by atoms with E-state index in [4.69, 9.17) is 4.74 Å². The fourth-order valence-electron chi connectivity index (χ4n) is 1.90. The van der Waals surface area contributed by atoms with Crippen LogP contribution in [0.4, 0.5) is 4.39 Å². The van der Waals surface area contributed by atoms with Gasteiger partial charge >= 0.3 is 5.97 Å². The van der Waals surface area contributed by atoms with E-state index in [1.165, 1.54) is 30.3 Å². The van der Waals surface area contributed by atoms with Gasteiger partial charge in [0.15, 0.2) is 5.78 Å². The van der Waals surface area contributed by atoms with E-state index in [0.717, 1.165) is 0 Å². The molecule has 0 aromatic heterocycles. The quantitative estimate of drug-likeness (QED) is 0.278. The molecule has 0 bridgehead atoms. The molecule has 0 atom stereocenters. The molecule has 112 valence electrons. The molecule has 2 aromatic rings. The fraction of sp³-hybridized carbons (Fsp3) is 0.111. The maximum absolute atomic E-state index is 13.0. The molecule has 0 saturated heterocycles.